The third-order valence-corrected chi connectivity index (χ3v) is 2.69. The van der Waals surface area contributed by atoms with Crippen LogP contribution in [0, 0.1) is 5.41 Å². The third kappa shape index (κ3) is 5.85. The van der Waals surface area contributed by atoms with Gasteiger partial charge in [-0.05, 0) is 19.3 Å². The molecule has 0 saturated heterocycles. The molecule has 1 N–H and O–H groups in total. The van der Waals surface area contributed by atoms with Gasteiger partial charge in [0.05, 0.1) is 7.11 Å². The predicted octanol–water partition coefficient (Wildman–Crippen LogP) is 1.57. The fraction of sp³-hybridized carbons (Fsp3) is 0.583. The summed E-state index contributed by atoms with van der Waals surface area (Å²) in [5, 5.41) is 8.63. The number of carboxylic acid groups (broad SMARTS) is 1. The van der Waals surface area contributed by atoms with Gasteiger partial charge in [0.2, 0.25) is 0 Å². The Morgan fingerprint density at radius 3 is 2.35 bits per heavy atom. The van der Waals surface area contributed by atoms with Gasteiger partial charge in [-0.3, -0.25) is 9.59 Å². The summed E-state index contributed by atoms with van der Waals surface area (Å²) >= 11 is 0. The van der Waals surface area contributed by atoms with E-state index in [-0.39, 0.29) is 25.7 Å². The lowest BCUT2D eigenvalue weighted by molar-refractivity contribution is -0.141. The van der Waals surface area contributed by atoms with Crippen molar-refractivity contribution in [2.24, 2.45) is 5.41 Å². The maximum absolute atomic E-state index is 11.1. The molecule has 0 aromatic rings. The number of rotatable bonds is 9. The molecule has 96 valence electrons. The van der Waals surface area contributed by atoms with Crippen molar-refractivity contribution in [3.63, 3.8) is 0 Å². The summed E-state index contributed by atoms with van der Waals surface area (Å²) in [5.74, 6) is -1.37. The van der Waals surface area contributed by atoms with E-state index in [4.69, 9.17) is 5.11 Å². The van der Waals surface area contributed by atoms with Crippen LogP contribution in [0.5, 0.6) is 0 Å². The van der Waals surface area contributed by atoms with Gasteiger partial charge in [-0.1, -0.05) is 6.08 Å². The number of ether oxygens (including phenoxy) is 1. The average molecular weight is 242 g/mol. The number of aldehydes is 1. The van der Waals surface area contributed by atoms with E-state index < -0.39 is 17.4 Å². The molecule has 1 atom stereocenters. The van der Waals surface area contributed by atoms with Crippen LogP contribution in [0.2, 0.25) is 0 Å². The predicted molar refractivity (Wildman–Crippen MR) is 61.4 cm³/mol. The summed E-state index contributed by atoms with van der Waals surface area (Å²) in [6.45, 7) is 3.55. The van der Waals surface area contributed by atoms with Gasteiger partial charge in [0.1, 0.15) is 6.29 Å². The van der Waals surface area contributed by atoms with E-state index in [0.717, 1.165) is 6.29 Å². The molecule has 0 aliphatic rings. The number of hydrogen-bond donors (Lipinski definition) is 1. The van der Waals surface area contributed by atoms with Gasteiger partial charge >= 0.3 is 11.9 Å². The Labute approximate surface area is 100 Å². The monoisotopic (exact) mass is 242 g/mol. The molecular weight excluding hydrogens is 224 g/mol. The SMILES string of the molecule is C=CC[C@](C=O)(CCC(=O)O)CCC(=O)OC. The summed E-state index contributed by atoms with van der Waals surface area (Å²) in [5.41, 5.74) is -0.825. The molecule has 0 fully saturated rings. The van der Waals surface area contributed by atoms with Gasteiger partial charge in [0.15, 0.2) is 0 Å². The van der Waals surface area contributed by atoms with Crippen LogP contribution in [0.3, 0.4) is 0 Å². The molecule has 17 heavy (non-hydrogen) atoms. The van der Waals surface area contributed by atoms with Crippen molar-refractivity contribution >= 4 is 18.2 Å². The van der Waals surface area contributed by atoms with Crippen molar-refractivity contribution in [3.05, 3.63) is 12.7 Å². The van der Waals surface area contributed by atoms with Crippen LogP contribution in [0.4, 0.5) is 0 Å². The Bertz CT molecular complexity index is 297. The van der Waals surface area contributed by atoms with Crippen molar-refractivity contribution < 1.29 is 24.2 Å². The van der Waals surface area contributed by atoms with Gasteiger partial charge in [0.25, 0.3) is 0 Å². The van der Waals surface area contributed by atoms with E-state index >= 15 is 0 Å². The lowest BCUT2D eigenvalue weighted by atomic mass is 9.77. The van der Waals surface area contributed by atoms with Crippen molar-refractivity contribution in [2.75, 3.05) is 7.11 Å². The number of aliphatic carboxylic acids is 1. The van der Waals surface area contributed by atoms with Gasteiger partial charge < -0.3 is 14.6 Å². The summed E-state index contributed by atoms with van der Waals surface area (Å²) < 4.78 is 4.50. The largest absolute Gasteiger partial charge is 0.481 e. The molecule has 0 unspecified atom stereocenters. The second kappa shape index (κ2) is 7.60. The first kappa shape index (κ1) is 15.3. The molecule has 0 heterocycles. The molecule has 0 aliphatic carbocycles. The summed E-state index contributed by atoms with van der Waals surface area (Å²) in [7, 11) is 1.27. The van der Waals surface area contributed by atoms with E-state index in [1.165, 1.54) is 7.11 Å². The zero-order chi connectivity index (χ0) is 13.3. The molecule has 0 aromatic heterocycles. The number of hydrogen-bond acceptors (Lipinski definition) is 4. The minimum absolute atomic E-state index is 0.0999. The summed E-state index contributed by atoms with van der Waals surface area (Å²) in [4.78, 5) is 32.7. The molecule has 0 amide bonds. The zero-order valence-corrected chi connectivity index (χ0v) is 9.98. The van der Waals surface area contributed by atoms with Crippen LogP contribution in [-0.2, 0) is 19.1 Å². The maximum atomic E-state index is 11.1. The van der Waals surface area contributed by atoms with Crippen molar-refractivity contribution in [2.45, 2.75) is 32.1 Å². The van der Waals surface area contributed by atoms with Gasteiger partial charge in [-0.25, -0.2) is 0 Å². The Hall–Kier alpha value is -1.65. The van der Waals surface area contributed by atoms with Gasteiger partial charge in [-0.2, -0.15) is 0 Å². The van der Waals surface area contributed by atoms with Gasteiger partial charge in [-0.15, -0.1) is 6.58 Å². The minimum atomic E-state index is -0.960. The number of allylic oxidation sites excluding steroid dienone is 1. The number of carbonyl (C=O) groups excluding carboxylic acids is 2. The highest BCUT2D eigenvalue weighted by atomic mass is 16.5. The topological polar surface area (TPSA) is 80.7 Å². The number of carboxylic acids is 1. The smallest absolute Gasteiger partial charge is 0.305 e. The second-order valence-electron chi connectivity index (χ2n) is 3.94. The van der Waals surface area contributed by atoms with Crippen LogP contribution < -0.4 is 0 Å². The molecule has 0 bridgehead atoms. The van der Waals surface area contributed by atoms with E-state index in [0.29, 0.717) is 6.42 Å². The quantitative estimate of drug-likeness (QED) is 0.377. The minimum Gasteiger partial charge on any atom is -0.481 e. The molecule has 0 aromatic carbocycles. The lowest BCUT2D eigenvalue weighted by Gasteiger charge is -2.25. The van der Waals surface area contributed by atoms with Crippen molar-refractivity contribution in [1.82, 2.24) is 0 Å². The van der Waals surface area contributed by atoms with E-state index in [1.807, 2.05) is 0 Å². The normalized spacial score (nSPS) is 13.5. The van der Waals surface area contributed by atoms with Crippen LogP contribution in [-0.4, -0.2) is 30.4 Å². The fourth-order valence-electron chi connectivity index (χ4n) is 1.59. The average Bonchev–Trinajstić information content (AvgIpc) is 2.32. The van der Waals surface area contributed by atoms with Crippen LogP contribution in [0.15, 0.2) is 12.7 Å². The molecule has 0 spiro atoms. The first-order chi connectivity index (χ1) is 7.99. The molecule has 0 rings (SSSR count). The summed E-state index contributed by atoms with van der Waals surface area (Å²) in [6.07, 6.45) is 3.13. The third-order valence-electron chi connectivity index (χ3n) is 2.69. The molecule has 5 heteroatoms. The Morgan fingerprint density at radius 2 is 1.94 bits per heavy atom. The molecule has 5 nitrogen and oxygen atoms in total. The zero-order valence-electron chi connectivity index (χ0n) is 9.98. The highest BCUT2D eigenvalue weighted by molar-refractivity contribution is 5.71. The number of esters is 1. The first-order valence-corrected chi connectivity index (χ1v) is 5.35. The van der Waals surface area contributed by atoms with Gasteiger partial charge in [0, 0.05) is 18.3 Å². The molecule has 0 radical (unpaired) electrons. The maximum Gasteiger partial charge on any atom is 0.305 e. The van der Waals surface area contributed by atoms with Crippen molar-refractivity contribution in [3.8, 4) is 0 Å². The van der Waals surface area contributed by atoms with E-state index in [1.54, 1.807) is 6.08 Å². The number of carbonyl (C=O) groups is 3. The molecule has 0 saturated carbocycles. The first-order valence-electron chi connectivity index (χ1n) is 5.35. The fourth-order valence-corrected chi connectivity index (χ4v) is 1.59. The molecule has 0 aliphatic heterocycles. The van der Waals surface area contributed by atoms with Crippen LogP contribution in [0.25, 0.3) is 0 Å². The highest BCUT2D eigenvalue weighted by Gasteiger charge is 2.29. The lowest BCUT2D eigenvalue weighted by Crippen LogP contribution is -2.24. The van der Waals surface area contributed by atoms with Crippen molar-refractivity contribution in [1.29, 1.82) is 0 Å². The standard InChI is InChI=1S/C12H18O5/c1-3-6-12(9-13,7-4-10(14)15)8-5-11(16)17-2/h3,9H,1,4-8H2,2H3,(H,14,15)/t12-/m0/s1. The van der Waals surface area contributed by atoms with Crippen LogP contribution in [0.1, 0.15) is 32.1 Å². The van der Waals surface area contributed by atoms with Crippen LogP contribution >= 0.6 is 0 Å². The second-order valence-corrected chi connectivity index (χ2v) is 3.94. The number of methoxy groups -OCH3 is 1. The Morgan fingerprint density at radius 1 is 1.35 bits per heavy atom. The highest BCUT2D eigenvalue weighted by Crippen LogP contribution is 2.32. The summed E-state index contributed by atoms with van der Waals surface area (Å²) in [6, 6.07) is 0. The Kier molecular flexibility index (Phi) is 6.86. The van der Waals surface area contributed by atoms with E-state index in [9.17, 15) is 14.4 Å². The van der Waals surface area contributed by atoms with E-state index in [2.05, 4.69) is 11.3 Å². The Balaban J connectivity index is 4.56. The molecular formula is C12H18O5.